The van der Waals surface area contributed by atoms with Gasteiger partial charge in [-0.05, 0) is 61.1 Å². The highest BCUT2D eigenvalue weighted by Gasteiger charge is 2.42. The van der Waals surface area contributed by atoms with Gasteiger partial charge in [0.05, 0.1) is 6.42 Å². The average molecular weight is 481 g/mol. The number of hydrogen-bond donors (Lipinski definition) is 1. The fourth-order valence-corrected chi connectivity index (χ4v) is 3.87. The number of nitrogens with one attached hydrogen (secondary N) is 1. The Morgan fingerprint density at radius 1 is 1.18 bits per heavy atom. The van der Waals surface area contributed by atoms with Crippen molar-refractivity contribution in [2.45, 2.75) is 25.9 Å². The molecule has 8 heteroatoms. The summed E-state index contributed by atoms with van der Waals surface area (Å²) in [7, 11) is 0. The standard InChI is InChI=1S/C20H19BrClN3O2S/c1-2-24-19(27)17(11-18(26)23-16-9-5-14(21)6-10-16)25(20(24)28)12-13-3-7-15(22)8-4-13/h3-10,17H,2,11-12H2,1H3,(H,23,26). The Morgan fingerprint density at radius 3 is 2.43 bits per heavy atom. The first-order valence-electron chi connectivity index (χ1n) is 8.81. The van der Waals surface area contributed by atoms with Crippen LogP contribution in [-0.2, 0) is 16.1 Å². The summed E-state index contributed by atoms with van der Waals surface area (Å²) in [5, 5.41) is 3.93. The van der Waals surface area contributed by atoms with E-state index < -0.39 is 6.04 Å². The summed E-state index contributed by atoms with van der Waals surface area (Å²) < 4.78 is 0.926. The number of carbonyl (C=O) groups excluding carboxylic acids is 2. The van der Waals surface area contributed by atoms with Gasteiger partial charge in [0.2, 0.25) is 5.91 Å². The van der Waals surface area contributed by atoms with Crippen LogP contribution in [0.5, 0.6) is 0 Å². The molecule has 1 N–H and O–H groups in total. The summed E-state index contributed by atoms with van der Waals surface area (Å²) >= 11 is 14.8. The van der Waals surface area contributed by atoms with Gasteiger partial charge < -0.3 is 10.2 Å². The van der Waals surface area contributed by atoms with Gasteiger partial charge >= 0.3 is 0 Å². The number of amides is 2. The summed E-state index contributed by atoms with van der Waals surface area (Å²) in [6.45, 7) is 2.78. The van der Waals surface area contributed by atoms with Gasteiger partial charge in [-0.15, -0.1) is 0 Å². The van der Waals surface area contributed by atoms with Gasteiger partial charge in [0.25, 0.3) is 5.91 Å². The lowest BCUT2D eigenvalue weighted by Gasteiger charge is -2.24. The Labute approximate surface area is 182 Å². The molecule has 0 spiro atoms. The summed E-state index contributed by atoms with van der Waals surface area (Å²) in [4.78, 5) is 28.7. The predicted octanol–water partition coefficient (Wildman–Crippen LogP) is 4.45. The van der Waals surface area contributed by atoms with Crippen molar-refractivity contribution < 1.29 is 9.59 Å². The molecule has 2 amide bonds. The second-order valence-electron chi connectivity index (χ2n) is 6.39. The number of thiocarbonyl (C=S) groups is 1. The summed E-state index contributed by atoms with van der Waals surface area (Å²) in [5.41, 5.74) is 1.65. The maximum Gasteiger partial charge on any atom is 0.252 e. The molecule has 1 unspecified atom stereocenters. The molecule has 2 aromatic carbocycles. The molecular weight excluding hydrogens is 462 g/mol. The van der Waals surface area contributed by atoms with E-state index in [-0.39, 0.29) is 18.2 Å². The molecule has 0 aromatic heterocycles. The molecule has 1 aliphatic rings. The summed E-state index contributed by atoms with van der Waals surface area (Å²) in [6.07, 6.45) is 0.0269. The minimum absolute atomic E-state index is 0.0269. The Kier molecular flexibility index (Phi) is 6.69. The number of hydrogen-bond acceptors (Lipinski definition) is 3. The van der Waals surface area contributed by atoms with Gasteiger partial charge in [0.15, 0.2) is 5.11 Å². The lowest BCUT2D eigenvalue weighted by Crippen LogP contribution is -2.37. The molecule has 146 valence electrons. The van der Waals surface area contributed by atoms with E-state index in [0.29, 0.717) is 28.9 Å². The van der Waals surface area contributed by atoms with E-state index >= 15 is 0 Å². The van der Waals surface area contributed by atoms with Gasteiger partial charge in [0.1, 0.15) is 6.04 Å². The van der Waals surface area contributed by atoms with Crippen LogP contribution in [0.15, 0.2) is 53.0 Å². The Hall–Kier alpha value is -1.96. The van der Waals surface area contributed by atoms with Gasteiger partial charge in [0, 0.05) is 28.3 Å². The molecule has 0 radical (unpaired) electrons. The number of anilines is 1. The number of likely N-dealkylation sites (N-methyl/N-ethyl adjacent to an activating group) is 1. The molecule has 0 saturated carbocycles. The van der Waals surface area contributed by atoms with Crippen LogP contribution >= 0.6 is 39.7 Å². The molecule has 3 rings (SSSR count). The molecule has 1 atom stereocenters. The number of benzene rings is 2. The summed E-state index contributed by atoms with van der Waals surface area (Å²) in [5.74, 6) is -0.380. The third-order valence-electron chi connectivity index (χ3n) is 4.49. The van der Waals surface area contributed by atoms with Crippen LogP contribution in [0.4, 0.5) is 5.69 Å². The SMILES string of the molecule is CCN1C(=O)C(CC(=O)Nc2ccc(Br)cc2)N(Cc2ccc(Cl)cc2)C1=S. The second kappa shape index (κ2) is 9.03. The van der Waals surface area contributed by atoms with Crippen LogP contribution in [0.2, 0.25) is 5.02 Å². The van der Waals surface area contributed by atoms with Crippen molar-refractivity contribution in [3.8, 4) is 0 Å². The Balaban J connectivity index is 1.75. The van der Waals surface area contributed by atoms with Crippen molar-refractivity contribution in [1.82, 2.24) is 9.80 Å². The van der Waals surface area contributed by atoms with E-state index in [9.17, 15) is 9.59 Å². The van der Waals surface area contributed by atoms with E-state index in [1.807, 2.05) is 36.1 Å². The van der Waals surface area contributed by atoms with Crippen molar-refractivity contribution in [3.63, 3.8) is 0 Å². The van der Waals surface area contributed by atoms with Crippen molar-refractivity contribution >= 4 is 62.4 Å². The third kappa shape index (κ3) is 4.71. The van der Waals surface area contributed by atoms with Gasteiger partial charge in [-0.1, -0.05) is 39.7 Å². The first kappa shape index (κ1) is 20.8. The van der Waals surface area contributed by atoms with Crippen LogP contribution in [-0.4, -0.2) is 39.3 Å². The van der Waals surface area contributed by atoms with Crippen molar-refractivity contribution in [1.29, 1.82) is 0 Å². The van der Waals surface area contributed by atoms with Gasteiger partial charge in [-0.3, -0.25) is 14.5 Å². The average Bonchev–Trinajstić information content (AvgIpc) is 2.89. The molecule has 1 aliphatic heterocycles. The van der Waals surface area contributed by atoms with E-state index in [1.165, 1.54) is 0 Å². The lowest BCUT2D eigenvalue weighted by molar-refractivity contribution is -0.130. The zero-order chi connectivity index (χ0) is 20.3. The van der Waals surface area contributed by atoms with E-state index in [4.69, 9.17) is 23.8 Å². The minimum Gasteiger partial charge on any atom is -0.332 e. The van der Waals surface area contributed by atoms with Crippen LogP contribution in [0, 0.1) is 0 Å². The topological polar surface area (TPSA) is 52.7 Å². The maximum absolute atomic E-state index is 12.8. The van der Waals surface area contributed by atoms with E-state index in [0.717, 1.165) is 10.0 Å². The first-order chi connectivity index (χ1) is 13.4. The van der Waals surface area contributed by atoms with Crippen molar-refractivity contribution in [2.24, 2.45) is 0 Å². The highest BCUT2D eigenvalue weighted by Crippen LogP contribution is 2.24. The smallest absolute Gasteiger partial charge is 0.252 e. The largest absolute Gasteiger partial charge is 0.332 e. The molecule has 1 heterocycles. The van der Waals surface area contributed by atoms with Crippen molar-refractivity contribution in [3.05, 3.63) is 63.6 Å². The fourth-order valence-electron chi connectivity index (χ4n) is 3.07. The van der Waals surface area contributed by atoms with Crippen LogP contribution in [0.25, 0.3) is 0 Å². The zero-order valence-corrected chi connectivity index (χ0v) is 18.4. The highest BCUT2D eigenvalue weighted by molar-refractivity contribution is 9.10. The molecule has 0 bridgehead atoms. The van der Waals surface area contributed by atoms with Gasteiger partial charge in [-0.2, -0.15) is 0 Å². The first-order valence-corrected chi connectivity index (χ1v) is 10.4. The molecule has 0 aliphatic carbocycles. The fraction of sp³-hybridized carbons (Fsp3) is 0.250. The lowest BCUT2D eigenvalue weighted by atomic mass is 10.1. The quantitative estimate of drug-likeness (QED) is 0.621. The van der Waals surface area contributed by atoms with E-state index in [2.05, 4.69) is 21.2 Å². The predicted molar refractivity (Wildman–Crippen MR) is 118 cm³/mol. The number of rotatable bonds is 6. The zero-order valence-electron chi connectivity index (χ0n) is 15.2. The minimum atomic E-state index is -0.626. The highest BCUT2D eigenvalue weighted by atomic mass is 79.9. The molecule has 5 nitrogen and oxygen atoms in total. The Morgan fingerprint density at radius 2 is 1.82 bits per heavy atom. The Bertz CT molecular complexity index is 889. The second-order valence-corrected chi connectivity index (χ2v) is 8.11. The molecule has 1 fully saturated rings. The normalized spacial score (nSPS) is 16.6. The monoisotopic (exact) mass is 479 g/mol. The van der Waals surface area contributed by atoms with Crippen LogP contribution < -0.4 is 5.32 Å². The van der Waals surface area contributed by atoms with Gasteiger partial charge in [-0.25, -0.2) is 0 Å². The summed E-state index contributed by atoms with van der Waals surface area (Å²) in [6, 6.07) is 14.0. The number of nitrogens with zero attached hydrogens (tertiary/aromatic N) is 2. The van der Waals surface area contributed by atoms with E-state index in [1.54, 1.807) is 29.2 Å². The number of halogens is 2. The van der Waals surface area contributed by atoms with Crippen molar-refractivity contribution in [2.75, 3.05) is 11.9 Å². The molecule has 28 heavy (non-hydrogen) atoms. The molecular formula is C20H19BrClN3O2S. The third-order valence-corrected chi connectivity index (χ3v) is 5.73. The maximum atomic E-state index is 12.8. The molecule has 2 aromatic rings. The van der Waals surface area contributed by atoms with Crippen LogP contribution in [0.3, 0.4) is 0 Å². The molecule has 1 saturated heterocycles. The number of carbonyl (C=O) groups is 2. The van der Waals surface area contributed by atoms with Crippen LogP contribution in [0.1, 0.15) is 18.9 Å².